The average Bonchev–Trinajstić information content (AvgIpc) is 3.21. The van der Waals surface area contributed by atoms with E-state index in [2.05, 4.69) is 16.5 Å². The molecule has 0 spiro atoms. The number of rotatable bonds is 8. The molecule has 2 aromatic heterocycles. The van der Waals surface area contributed by atoms with Gasteiger partial charge in [-0.1, -0.05) is 42.3 Å². The molecular weight excluding hydrogens is 473 g/mol. The van der Waals surface area contributed by atoms with E-state index < -0.39 is 0 Å². The Hall–Kier alpha value is -3.13. The number of para-hydroxylation sites is 1. The number of hydrogen-bond acceptors (Lipinski definition) is 5. The van der Waals surface area contributed by atoms with Crippen molar-refractivity contribution in [1.82, 2.24) is 14.5 Å². The molecule has 0 saturated carbocycles. The summed E-state index contributed by atoms with van der Waals surface area (Å²) in [6, 6.07) is 15.1. The third-order valence-corrected chi connectivity index (χ3v) is 6.41. The van der Waals surface area contributed by atoms with Crippen molar-refractivity contribution in [3.63, 3.8) is 0 Å². The Morgan fingerprint density at radius 2 is 1.97 bits per heavy atom. The van der Waals surface area contributed by atoms with Crippen LogP contribution < -0.4 is 15.4 Å². The van der Waals surface area contributed by atoms with E-state index in [4.69, 9.17) is 38.7 Å². The van der Waals surface area contributed by atoms with Gasteiger partial charge in [0.05, 0.1) is 35.0 Å². The number of pyridine rings is 1. The molecule has 7 nitrogen and oxygen atoms in total. The number of amides is 1. The second kappa shape index (κ2) is 10.4. The maximum atomic E-state index is 12.0. The van der Waals surface area contributed by atoms with Crippen molar-refractivity contribution in [3.05, 3.63) is 81.9 Å². The largest absolute Gasteiger partial charge is 0.486 e. The van der Waals surface area contributed by atoms with Crippen LogP contribution in [0.25, 0.3) is 11.0 Å². The lowest BCUT2D eigenvalue weighted by Gasteiger charge is -2.20. The molecule has 0 fully saturated rings. The highest BCUT2D eigenvalue weighted by atomic mass is 35.5. The van der Waals surface area contributed by atoms with Crippen LogP contribution in [0.1, 0.15) is 24.0 Å². The lowest BCUT2D eigenvalue weighted by molar-refractivity contribution is -0.117. The molecule has 0 aliphatic heterocycles. The molecule has 9 heteroatoms. The Kier molecular flexibility index (Phi) is 7.36. The molecule has 0 atom stereocenters. The van der Waals surface area contributed by atoms with E-state index in [0.717, 1.165) is 29.0 Å². The predicted molar refractivity (Wildman–Crippen MR) is 136 cm³/mol. The van der Waals surface area contributed by atoms with Gasteiger partial charge in [-0.2, -0.15) is 0 Å². The molecule has 2 N–H and O–H groups in total. The molecule has 1 amide bonds. The zero-order valence-corrected chi connectivity index (χ0v) is 20.5. The summed E-state index contributed by atoms with van der Waals surface area (Å²) in [5.41, 5.74) is 9.26. The number of nitrogens with two attached hydrogens (primary N) is 1. The summed E-state index contributed by atoms with van der Waals surface area (Å²) in [7, 11) is 1.62. The Balaban J connectivity index is 1.66. The van der Waals surface area contributed by atoms with Crippen molar-refractivity contribution in [2.45, 2.75) is 26.5 Å². The van der Waals surface area contributed by atoms with E-state index >= 15 is 0 Å². The summed E-state index contributed by atoms with van der Waals surface area (Å²) in [5, 5.41) is 0.795. The highest BCUT2D eigenvalue weighted by molar-refractivity contribution is 6.38. The van der Waals surface area contributed by atoms with Crippen LogP contribution in [-0.4, -0.2) is 34.0 Å². The minimum atomic E-state index is -0.258. The average molecular weight is 498 g/mol. The maximum absolute atomic E-state index is 12.0. The lowest BCUT2D eigenvalue weighted by Crippen LogP contribution is -2.32. The molecule has 0 unspecified atom stereocenters. The first kappa shape index (κ1) is 24.0. The van der Waals surface area contributed by atoms with Gasteiger partial charge in [-0.25, -0.2) is 4.98 Å². The van der Waals surface area contributed by atoms with Crippen molar-refractivity contribution in [2.75, 3.05) is 18.5 Å². The van der Waals surface area contributed by atoms with Crippen LogP contribution in [0.15, 0.2) is 54.7 Å². The number of ether oxygens (including phenoxy) is 1. The highest BCUT2D eigenvalue weighted by Gasteiger charge is 2.19. The Morgan fingerprint density at radius 1 is 1.15 bits per heavy atom. The summed E-state index contributed by atoms with van der Waals surface area (Å²) < 4.78 is 8.31. The van der Waals surface area contributed by atoms with E-state index in [1.807, 2.05) is 36.4 Å². The lowest BCUT2D eigenvalue weighted by atomic mass is 10.2. The summed E-state index contributed by atoms with van der Waals surface area (Å²) in [4.78, 5) is 22.7. The van der Waals surface area contributed by atoms with Crippen molar-refractivity contribution < 1.29 is 9.53 Å². The SMILES string of the molecule is CCc1nc2c(OCc3c(Cl)ccc(N(C)C(=O)CN)c3Cl)cccc2n1Cc1ccccn1. The first-order valence-electron chi connectivity index (χ1n) is 10.9. The van der Waals surface area contributed by atoms with Crippen molar-refractivity contribution in [1.29, 1.82) is 0 Å². The number of aryl methyl sites for hydroxylation is 1. The number of carbonyl (C=O) groups is 1. The van der Waals surface area contributed by atoms with Crippen molar-refractivity contribution in [2.24, 2.45) is 5.73 Å². The fourth-order valence-electron chi connectivity index (χ4n) is 3.78. The van der Waals surface area contributed by atoms with Gasteiger partial charge in [0, 0.05) is 30.3 Å². The number of anilines is 1. The zero-order valence-electron chi connectivity index (χ0n) is 19.0. The van der Waals surface area contributed by atoms with Gasteiger partial charge >= 0.3 is 0 Å². The van der Waals surface area contributed by atoms with E-state index in [1.54, 1.807) is 25.4 Å². The number of fused-ring (bicyclic) bond motifs is 1. The minimum Gasteiger partial charge on any atom is -0.486 e. The number of likely N-dealkylation sites (N-methyl/N-ethyl adjacent to an activating group) is 1. The number of aromatic nitrogens is 3. The van der Waals surface area contributed by atoms with Gasteiger partial charge in [0.1, 0.15) is 23.7 Å². The maximum Gasteiger partial charge on any atom is 0.240 e. The van der Waals surface area contributed by atoms with E-state index in [0.29, 0.717) is 33.6 Å². The molecule has 0 saturated heterocycles. The third kappa shape index (κ3) is 4.73. The van der Waals surface area contributed by atoms with E-state index in [1.165, 1.54) is 4.90 Å². The normalized spacial score (nSPS) is 11.1. The summed E-state index contributed by atoms with van der Waals surface area (Å²) in [5.74, 6) is 1.30. The second-order valence-corrected chi connectivity index (χ2v) is 8.50. The Morgan fingerprint density at radius 3 is 2.68 bits per heavy atom. The van der Waals surface area contributed by atoms with Crippen LogP contribution in [-0.2, 0) is 24.4 Å². The van der Waals surface area contributed by atoms with Crippen LogP contribution in [0.3, 0.4) is 0 Å². The fraction of sp³-hybridized carbons (Fsp3) is 0.240. The molecule has 0 radical (unpaired) electrons. The van der Waals surface area contributed by atoms with Crippen LogP contribution >= 0.6 is 23.2 Å². The van der Waals surface area contributed by atoms with Gasteiger partial charge in [0.2, 0.25) is 5.91 Å². The smallest absolute Gasteiger partial charge is 0.240 e. The number of hydrogen-bond donors (Lipinski definition) is 1. The standard InChI is InChI=1S/C25H25Cl2N5O2/c1-3-22-30-25-20(32(22)14-16-7-4-5-12-29-16)8-6-9-21(25)34-15-17-18(26)10-11-19(24(17)27)31(2)23(33)13-28/h4-12H,3,13-15,28H2,1-2H3. The molecule has 4 aromatic rings. The molecule has 2 heterocycles. The first-order chi connectivity index (χ1) is 16.4. The summed E-state index contributed by atoms with van der Waals surface area (Å²) in [6.45, 7) is 2.68. The number of nitrogens with zero attached hydrogens (tertiary/aromatic N) is 4. The van der Waals surface area contributed by atoms with Gasteiger partial charge in [-0.3, -0.25) is 9.78 Å². The van der Waals surface area contributed by atoms with Gasteiger partial charge in [-0.05, 0) is 36.4 Å². The molecule has 2 aromatic carbocycles. The second-order valence-electron chi connectivity index (χ2n) is 7.72. The topological polar surface area (TPSA) is 86.3 Å². The van der Waals surface area contributed by atoms with Crippen LogP contribution in [0.2, 0.25) is 10.0 Å². The third-order valence-electron chi connectivity index (χ3n) is 5.63. The van der Waals surface area contributed by atoms with Gasteiger partial charge in [-0.15, -0.1) is 0 Å². The van der Waals surface area contributed by atoms with Crippen LogP contribution in [0, 0.1) is 0 Å². The van der Waals surface area contributed by atoms with Crippen molar-refractivity contribution >= 4 is 45.8 Å². The zero-order chi connectivity index (χ0) is 24.2. The fourth-order valence-corrected chi connectivity index (χ4v) is 4.39. The van der Waals surface area contributed by atoms with E-state index in [9.17, 15) is 4.79 Å². The molecule has 0 aliphatic rings. The molecule has 0 bridgehead atoms. The minimum absolute atomic E-state index is 0.115. The Bertz CT molecular complexity index is 1320. The van der Waals surface area contributed by atoms with Gasteiger partial charge < -0.3 is 19.9 Å². The molecule has 4 rings (SSSR count). The number of imidazole rings is 1. The molecular formula is C25H25Cl2N5O2. The van der Waals surface area contributed by atoms with Crippen LogP contribution in [0.4, 0.5) is 5.69 Å². The highest BCUT2D eigenvalue weighted by Crippen LogP contribution is 2.35. The first-order valence-corrected chi connectivity index (χ1v) is 11.6. The quantitative estimate of drug-likeness (QED) is 0.376. The monoisotopic (exact) mass is 497 g/mol. The van der Waals surface area contributed by atoms with E-state index in [-0.39, 0.29) is 19.1 Å². The number of benzene rings is 2. The van der Waals surface area contributed by atoms with Crippen molar-refractivity contribution in [3.8, 4) is 5.75 Å². The predicted octanol–water partition coefficient (Wildman–Crippen LogP) is 4.85. The summed E-state index contributed by atoms with van der Waals surface area (Å²) in [6.07, 6.45) is 2.55. The molecule has 34 heavy (non-hydrogen) atoms. The van der Waals surface area contributed by atoms with Crippen LogP contribution in [0.5, 0.6) is 5.75 Å². The van der Waals surface area contributed by atoms with Gasteiger partial charge in [0.25, 0.3) is 0 Å². The van der Waals surface area contributed by atoms with Gasteiger partial charge in [0.15, 0.2) is 0 Å². The summed E-state index contributed by atoms with van der Waals surface area (Å²) >= 11 is 13.0. The molecule has 0 aliphatic carbocycles. The number of halogens is 2. The number of carbonyl (C=O) groups excluding carboxylic acids is 1. The Labute approximate surface area is 208 Å². The molecule has 176 valence electrons.